The van der Waals surface area contributed by atoms with Crippen molar-refractivity contribution in [1.29, 1.82) is 5.26 Å². The maximum atomic E-state index is 10.7. The van der Waals surface area contributed by atoms with Crippen molar-refractivity contribution in [2.75, 3.05) is 7.11 Å². The Hall–Kier alpha value is -1.41. The Morgan fingerprint density at radius 1 is 1.55 bits per heavy atom. The first-order valence-electron chi connectivity index (χ1n) is 7.02. The SMILES string of the molecule is COCc1cccc(C(O)C2(C#N)CC3CCC2O3)c1. The minimum atomic E-state index is -0.806. The van der Waals surface area contributed by atoms with Crippen LogP contribution in [0.5, 0.6) is 0 Å². The third kappa shape index (κ3) is 2.03. The van der Waals surface area contributed by atoms with Gasteiger partial charge in [-0.15, -0.1) is 0 Å². The number of hydrogen-bond donors (Lipinski definition) is 1. The predicted octanol–water partition coefficient (Wildman–Crippen LogP) is 2.33. The minimum absolute atomic E-state index is 0.136. The second-order valence-corrected chi connectivity index (χ2v) is 5.76. The van der Waals surface area contributed by atoms with Gasteiger partial charge in [0, 0.05) is 7.11 Å². The standard InChI is InChI=1S/C16H19NO3/c1-19-9-11-3-2-4-12(7-11)15(18)16(10-17)8-13-5-6-14(16)20-13/h2-4,7,13-15,18H,5-6,8-9H2,1H3. The molecule has 3 rings (SSSR count). The fraction of sp³-hybridized carbons (Fsp3) is 0.562. The van der Waals surface area contributed by atoms with Crippen molar-refractivity contribution in [3.63, 3.8) is 0 Å². The Morgan fingerprint density at radius 2 is 2.40 bits per heavy atom. The summed E-state index contributed by atoms with van der Waals surface area (Å²) >= 11 is 0. The highest BCUT2D eigenvalue weighted by molar-refractivity contribution is 5.30. The van der Waals surface area contributed by atoms with Gasteiger partial charge < -0.3 is 14.6 Å². The molecule has 0 spiro atoms. The lowest BCUT2D eigenvalue weighted by Gasteiger charge is -2.33. The first-order valence-corrected chi connectivity index (χ1v) is 7.02. The zero-order valence-electron chi connectivity index (χ0n) is 11.6. The van der Waals surface area contributed by atoms with Gasteiger partial charge in [-0.2, -0.15) is 5.26 Å². The van der Waals surface area contributed by atoms with Crippen molar-refractivity contribution >= 4 is 0 Å². The highest BCUT2D eigenvalue weighted by Gasteiger charge is 2.57. The maximum Gasteiger partial charge on any atom is 0.116 e. The molecule has 4 nitrogen and oxygen atoms in total. The van der Waals surface area contributed by atoms with Gasteiger partial charge in [0.05, 0.1) is 24.9 Å². The van der Waals surface area contributed by atoms with Crippen LogP contribution in [0.4, 0.5) is 0 Å². The summed E-state index contributed by atoms with van der Waals surface area (Å²) in [4.78, 5) is 0. The lowest BCUT2D eigenvalue weighted by Crippen LogP contribution is -2.37. The van der Waals surface area contributed by atoms with E-state index in [9.17, 15) is 10.4 Å². The van der Waals surface area contributed by atoms with Gasteiger partial charge in [0.15, 0.2) is 0 Å². The van der Waals surface area contributed by atoms with Crippen molar-refractivity contribution in [3.8, 4) is 6.07 Å². The van der Waals surface area contributed by atoms with E-state index in [-0.39, 0.29) is 12.2 Å². The van der Waals surface area contributed by atoms with Gasteiger partial charge in [0.25, 0.3) is 0 Å². The Balaban J connectivity index is 1.90. The Bertz CT molecular complexity index is 539. The number of nitriles is 1. The summed E-state index contributed by atoms with van der Waals surface area (Å²) < 4.78 is 10.9. The number of benzene rings is 1. The summed E-state index contributed by atoms with van der Waals surface area (Å²) in [6, 6.07) is 9.99. The van der Waals surface area contributed by atoms with Crippen molar-refractivity contribution in [2.24, 2.45) is 5.41 Å². The van der Waals surface area contributed by atoms with E-state index in [1.807, 2.05) is 24.3 Å². The highest BCUT2D eigenvalue weighted by Crippen LogP contribution is 2.53. The lowest BCUT2D eigenvalue weighted by molar-refractivity contribution is 0.00333. The summed E-state index contributed by atoms with van der Waals surface area (Å²) in [6.45, 7) is 0.503. The Labute approximate surface area is 118 Å². The number of rotatable bonds is 4. The number of nitrogens with zero attached hydrogens (tertiary/aromatic N) is 1. The second-order valence-electron chi connectivity index (χ2n) is 5.76. The molecule has 1 N–H and O–H groups in total. The van der Waals surface area contributed by atoms with Gasteiger partial charge in [0.2, 0.25) is 0 Å². The van der Waals surface area contributed by atoms with Crippen molar-refractivity contribution in [2.45, 2.75) is 44.2 Å². The zero-order chi connectivity index (χ0) is 14.2. The van der Waals surface area contributed by atoms with Crippen molar-refractivity contribution in [1.82, 2.24) is 0 Å². The van der Waals surface area contributed by atoms with Gasteiger partial charge in [0.1, 0.15) is 11.5 Å². The Kier molecular flexibility index (Phi) is 3.51. The lowest BCUT2D eigenvalue weighted by atomic mass is 9.69. The fourth-order valence-corrected chi connectivity index (χ4v) is 3.53. The molecule has 1 aromatic rings. The summed E-state index contributed by atoms with van der Waals surface area (Å²) in [5.41, 5.74) is 0.979. The molecule has 2 aliphatic heterocycles. The smallest absolute Gasteiger partial charge is 0.116 e. The van der Waals surface area contributed by atoms with Crippen LogP contribution in [0.1, 0.15) is 36.5 Å². The minimum Gasteiger partial charge on any atom is -0.387 e. The second kappa shape index (κ2) is 5.17. The molecule has 2 fully saturated rings. The maximum absolute atomic E-state index is 10.7. The monoisotopic (exact) mass is 273 g/mol. The van der Waals surface area contributed by atoms with Crippen molar-refractivity contribution in [3.05, 3.63) is 35.4 Å². The molecule has 0 aliphatic carbocycles. The van der Waals surface area contributed by atoms with Crippen molar-refractivity contribution < 1.29 is 14.6 Å². The molecule has 2 heterocycles. The average molecular weight is 273 g/mol. The van der Waals surface area contributed by atoms with Crippen LogP contribution in [-0.4, -0.2) is 24.4 Å². The number of hydrogen-bond acceptors (Lipinski definition) is 4. The van der Waals surface area contributed by atoms with E-state index in [1.54, 1.807) is 7.11 Å². The number of ether oxygens (including phenoxy) is 2. The molecular weight excluding hydrogens is 254 g/mol. The van der Waals surface area contributed by atoms with E-state index in [0.29, 0.717) is 13.0 Å². The van der Waals surface area contributed by atoms with Gasteiger partial charge >= 0.3 is 0 Å². The molecule has 4 unspecified atom stereocenters. The predicted molar refractivity (Wildman–Crippen MR) is 72.7 cm³/mol. The topological polar surface area (TPSA) is 62.5 Å². The van der Waals surface area contributed by atoms with Crippen LogP contribution < -0.4 is 0 Å². The van der Waals surface area contributed by atoms with E-state index in [1.165, 1.54) is 0 Å². The molecule has 20 heavy (non-hydrogen) atoms. The normalized spacial score (nSPS) is 33.0. The van der Waals surface area contributed by atoms with Gasteiger partial charge in [-0.3, -0.25) is 0 Å². The number of aliphatic hydroxyl groups excluding tert-OH is 1. The summed E-state index contributed by atoms with van der Waals surface area (Å²) in [5.74, 6) is 0. The van der Waals surface area contributed by atoms with Crippen LogP contribution >= 0.6 is 0 Å². The Morgan fingerprint density at radius 3 is 3.00 bits per heavy atom. The zero-order valence-corrected chi connectivity index (χ0v) is 11.6. The van der Waals surface area contributed by atoms with Crippen LogP contribution in [0.25, 0.3) is 0 Å². The van der Waals surface area contributed by atoms with Gasteiger partial charge in [-0.25, -0.2) is 0 Å². The van der Waals surface area contributed by atoms with Crippen LogP contribution in [0.3, 0.4) is 0 Å². The third-order valence-corrected chi connectivity index (χ3v) is 4.52. The quantitative estimate of drug-likeness (QED) is 0.914. The molecule has 1 aromatic carbocycles. The highest BCUT2D eigenvalue weighted by atomic mass is 16.5. The van der Waals surface area contributed by atoms with Gasteiger partial charge in [-0.05, 0) is 30.4 Å². The largest absolute Gasteiger partial charge is 0.387 e. The number of aliphatic hydroxyl groups is 1. The molecule has 0 saturated carbocycles. The van der Waals surface area contributed by atoms with Crippen LogP contribution in [0.15, 0.2) is 24.3 Å². The first kappa shape index (κ1) is 13.6. The number of fused-ring (bicyclic) bond motifs is 2. The fourth-order valence-electron chi connectivity index (χ4n) is 3.53. The van der Waals surface area contributed by atoms with Crippen LogP contribution in [0.2, 0.25) is 0 Å². The number of methoxy groups -OCH3 is 1. The van der Waals surface area contributed by atoms with Crippen LogP contribution in [-0.2, 0) is 16.1 Å². The molecule has 0 amide bonds. The summed E-state index contributed by atoms with van der Waals surface area (Å²) in [6.07, 6.45) is 1.69. The molecule has 0 aromatic heterocycles. The summed E-state index contributed by atoms with van der Waals surface area (Å²) in [5, 5.41) is 20.4. The molecule has 4 atom stereocenters. The van der Waals surface area contributed by atoms with Crippen LogP contribution in [0, 0.1) is 16.7 Å². The average Bonchev–Trinajstić information content (AvgIpc) is 3.08. The molecule has 2 bridgehead atoms. The molecule has 2 aliphatic rings. The third-order valence-electron chi connectivity index (χ3n) is 4.52. The molecular formula is C16H19NO3. The van der Waals surface area contributed by atoms with E-state index in [2.05, 4.69) is 6.07 Å². The van der Waals surface area contributed by atoms with E-state index in [4.69, 9.17) is 9.47 Å². The van der Waals surface area contributed by atoms with E-state index in [0.717, 1.165) is 24.0 Å². The first-order chi connectivity index (χ1) is 9.69. The molecule has 0 radical (unpaired) electrons. The van der Waals surface area contributed by atoms with E-state index >= 15 is 0 Å². The summed E-state index contributed by atoms with van der Waals surface area (Å²) in [7, 11) is 1.64. The molecule has 106 valence electrons. The molecule has 4 heteroatoms. The van der Waals surface area contributed by atoms with E-state index < -0.39 is 11.5 Å². The van der Waals surface area contributed by atoms with Gasteiger partial charge in [-0.1, -0.05) is 24.3 Å². The molecule has 2 saturated heterocycles.